The van der Waals surface area contributed by atoms with Gasteiger partial charge in [-0.1, -0.05) is 5.16 Å². The first-order chi connectivity index (χ1) is 10.2. The summed E-state index contributed by atoms with van der Waals surface area (Å²) in [5, 5.41) is 7.52. The van der Waals surface area contributed by atoms with E-state index in [4.69, 9.17) is 4.52 Å². The van der Waals surface area contributed by atoms with Crippen LogP contribution >= 0.6 is 0 Å². The predicted molar refractivity (Wildman–Crippen MR) is 76.8 cm³/mol. The Morgan fingerprint density at radius 1 is 1.43 bits per heavy atom. The van der Waals surface area contributed by atoms with Crippen molar-refractivity contribution in [3.05, 3.63) is 17.5 Å². The first-order valence-corrected chi connectivity index (χ1v) is 7.92. The predicted octanol–water partition coefficient (Wildman–Crippen LogP) is 1.40. The lowest BCUT2D eigenvalue weighted by atomic mass is 9.95. The molecule has 1 aromatic heterocycles. The maximum atomic E-state index is 12.2. The van der Waals surface area contributed by atoms with Gasteiger partial charge in [-0.25, -0.2) is 4.79 Å². The molecule has 6 heteroatoms. The van der Waals surface area contributed by atoms with Gasteiger partial charge in [0, 0.05) is 26.1 Å². The van der Waals surface area contributed by atoms with Crippen LogP contribution in [0.3, 0.4) is 0 Å². The number of rotatable bonds is 4. The molecule has 0 saturated carbocycles. The van der Waals surface area contributed by atoms with Gasteiger partial charge in [-0.3, -0.25) is 0 Å². The van der Waals surface area contributed by atoms with Gasteiger partial charge in [0.25, 0.3) is 0 Å². The molecule has 3 aliphatic heterocycles. The van der Waals surface area contributed by atoms with Crippen LogP contribution in [0, 0.1) is 5.92 Å². The summed E-state index contributed by atoms with van der Waals surface area (Å²) in [5.41, 5.74) is 0.929. The quantitative estimate of drug-likeness (QED) is 0.910. The minimum atomic E-state index is 0.0987. The van der Waals surface area contributed by atoms with Gasteiger partial charge >= 0.3 is 6.03 Å². The Kier molecular flexibility index (Phi) is 3.14. The van der Waals surface area contributed by atoms with Gasteiger partial charge in [0.2, 0.25) is 0 Å². The molecule has 3 fully saturated rings. The summed E-state index contributed by atoms with van der Waals surface area (Å²) >= 11 is 0. The Bertz CT molecular complexity index is 540. The van der Waals surface area contributed by atoms with E-state index in [2.05, 4.69) is 16.5 Å². The van der Waals surface area contributed by atoms with Crippen LogP contribution in [0.1, 0.15) is 36.8 Å². The SMILES string of the molecule is CN1C(=O)N2C[C@H]1CC[C@H]2c1cc(CCC2CNC2)on1. The Balaban J connectivity index is 1.44. The number of amides is 2. The molecule has 0 spiro atoms. The number of urea groups is 1. The van der Waals surface area contributed by atoms with Crippen LogP contribution < -0.4 is 5.32 Å². The van der Waals surface area contributed by atoms with Crippen molar-refractivity contribution in [3.8, 4) is 0 Å². The topological polar surface area (TPSA) is 61.6 Å². The number of carbonyl (C=O) groups excluding carboxylic acids is 1. The summed E-state index contributed by atoms with van der Waals surface area (Å²) in [7, 11) is 1.90. The number of hydrogen-bond donors (Lipinski definition) is 1. The lowest BCUT2D eigenvalue weighted by molar-refractivity contribution is 0.177. The summed E-state index contributed by atoms with van der Waals surface area (Å²) in [6.07, 6.45) is 4.14. The van der Waals surface area contributed by atoms with Crippen LogP contribution in [0.2, 0.25) is 0 Å². The number of carbonyl (C=O) groups is 1. The summed E-state index contributed by atoms with van der Waals surface area (Å²) < 4.78 is 5.48. The molecule has 0 aliphatic carbocycles. The van der Waals surface area contributed by atoms with Gasteiger partial charge in [-0.2, -0.15) is 0 Å². The second-order valence-corrected chi connectivity index (χ2v) is 6.57. The monoisotopic (exact) mass is 290 g/mol. The van der Waals surface area contributed by atoms with Crippen LogP contribution in [-0.2, 0) is 6.42 Å². The molecular weight excluding hydrogens is 268 g/mol. The zero-order valence-electron chi connectivity index (χ0n) is 12.4. The van der Waals surface area contributed by atoms with Crippen molar-refractivity contribution in [1.82, 2.24) is 20.3 Å². The van der Waals surface area contributed by atoms with Gasteiger partial charge in [0.1, 0.15) is 11.5 Å². The van der Waals surface area contributed by atoms with Gasteiger partial charge in [0.05, 0.1) is 12.1 Å². The molecule has 2 atom stereocenters. The third kappa shape index (κ3) is 2.21. The molecule has 0 aromatic carbocycles. The van der Waals surface area contributed by atoms with Crippen molar-refractivity contribution < 1.29 is 9.32 Å². The fourth-order valence-electron chi connectivity index (χ4n) is 3.65. The average molecular weight is 290 g/mol. The van der Waals surface area contributed by atoms with Crippen LogP contribution in [0.5, 0.6) is 0 Å². The van der Waals surface area contributed by atoms with E-state index in [1.165, 1.54) is 0 Å². The van der Waals surface area contributed by atoms with E-state index < -0.39 is 0 Å². The van der Waals surface area contributed by atoms with Gasteiger partial charge < -0.3 is 19.6 Å². The Hall–Kier alpha value is -1.56. The molecule has 4 heterocycles. The van der Waals surface area contributed by atoms with Crippen LogP contribution in [-0.4, -0.2) is 53.7 Å². The normalized spacial score (nSPS) is 29.1. The Labute approximate surface area is 124 Å². The van der Waals surface area contributed by atoms with E-state index in [-0.39, 0.29) is 12.1 Å². The third-order valence-corrected chi connectivity index (χ3v) is 5.24. The van der Waals surface area contributed by atoms with Crippen molar-refractivity contribution >= 4 is 6.03 Å². The Morgan fingerprint density at radius 3 is 3.05 bits per heavy atom. The van der Waals surface area contributed by atoms with E-state index in [1.54, 1.807) is 0 Å². The highest BCUT2D eigenvalue weighted by atomic mass is 16.5. The zero-order valence-corrected chi connectivity index (χ0v) is 12.4. The van der Waals surface area contributed by atoms with Gasteiger partial charge in [-0.15, -0.1) is 0 Å². The summed E-state index contributed by atoms with van der Waals surface area (Å²) in [6.45, 7) is 3.08. The van der Waals surface area contributed by atoms with Crippen LogP contribution in [0.25, 0.3) is 0 Å². The molecule has 0 unspecified atom stereocenters. The molecule has 4 rings (SSSR count). The van der Waals surface area contributed by atoms with Crippen molar-refractivity contribution in [1.29, 1.82) is 0 Å². The minimum absolute atomic E-state index is 0.0987. The standard InChI is InChI=1S/C15H22N4O2/c1-18-11-3-5-14(19(9-11)15(18)20)13-6-12(21-17-13)4-2-10-7-16-8-10/h6,10-11,14,16H,2-5,7-9H2,1H3/t11-,14+/m1/s1. The number of piperidine rings is 1. The fourth-order valence-corrected chi connectivity index (χ4v) is 3.65. The third-order valence-electron chi connectivity index (χ3n) is 5.24. The zero-order chi connectivity index (χ0) is 14.4. The maximum absolute atomic E-state index is 12.2. The molecule has 1 N–H and O–H groups in total. The van der Waals surface area contributed by atoms with Gasteiger partial charge in [-0.05, 0) is 38.3 Å². The number of nitrogens with zero attached hydrogens (tertiary/aromatic N) is 3. The first-order valence-electron chi connectivity index (χ1n) is 7.92. The lowest BCUT2D eigenvalue weighted by Crippen LogP contribution is -2.42. The molecular formula is C15H22N4O2. The number of aromatic nitrogens is 1. The van der Waals surface area contributed by atoms with E-state index >= 15 is 0 Å². The smallest absolute Gasteiger partial charge is 0.320 e. The maximum Gasteiger partial charge on any atom is 0.320 e. The van der Waals surface area contributed by atoms with E-state index in [0.29, 0.717) is 6.04 Å². The number of likely N-dealkylation sites (N-methyl/N-ethyl adjacent to an activating group) is 1. The van der Waals surface area contributed by atoms with Crippen LogP contribution in [0.15, 0.2) is 10.6 Å². The van der Waals surface area contributed by atoms with Gasteiger partial charge in [0.15, 0.2) is 0 Å². The van der Waals surface area contributed by atoms with Crippen molar-refractivity contribution in [3.63, 3.8) is 0 Å². The number of aryl methyl sites for hydroxylation is 1. The number of fused-ring (bicyclic) bond motifs is 2. The summed E-state index contributed by atoms with van der Waals surface area (Å²) in [4.78, 5) is 16.0. The largest absolute Gasteiger partial charge is 0.361 e. The molecule has 3 saturated heterocycles. The van der Waals surface area contributed by atoms with Crippen molar-refractivity contribution in [2.24, 2.45) is 5.92 Å². The number of nitrogens with one attached hydrogen (secondary N) is 1. The average Bonchev–Trinajstić information content (AvgIpc) is 2.99. The van der Waals surface area contributed by atoms with Crippen molar-refractivity contribution in [2.75, 3.05) is 26.7 Å². The summed E-state index contributed by atoms with van der Waals surface area (Å²) in [6, 6.07) is 2.67. The second kappa shape index (κ2) is 5.02. The lowest BCUT2D eigenvalue weighted by Gasteiger charge is -2.28. The second-order valence-electron chi connectivity index (χ2n) is 6.57. The van der Waals surface area contributed by atoms with Crippen molar-refractivity contribution in [2.45, 2.75) is 37.8 Å². The molecule has 0 radical (unpaired) electrons. The molecule has 1 aromatic rings. The highest BCUT2D eigenvalue weighted by Gasteiger charge is 2.44. The first kappa shape index (κ1) is 13.1. The molecule has 21 heavy (non-hydrogen) atoms. The minimum Gasteiger partial charge on any atom is -0.361 e. The highest BCUT2D eigenvalue weighted by Crippen LogP contribution is 2.37. The molecule has 114 valence electrons. The molecule has 2 amide bonds. The molecule has 2 bridgehead atoms. The number of hydrogen-bond acceptors (Lipinski definition) is 4. The van der Waals surface area contributed by atoms with Crippen LogP contribution in [0.4, 0.5) is 4.79 Å². The summed E-state index contributed by atoms with van der Waals surface area (Å²) in [5.74, 6) is 1.74. The van der Waals surface area contributed by atoms with E-state index in [9.17, 15) is 4.79 Å². The van der Waals surface area contributed by atoms with E-state index in [1.807, 2.05) is 16.8 Å². The van der Waals surface area contributed by atoms with E-state index in [0.717, 1.165) is 62.7 Å². The Morgan fingerprint density at radius 2 is 2.29 bits per heavy atom. The fraction of sp³-hybridized carbons (Fsp3) is 0.733. The molecule has 3 aliphatic rings. The molecule has 6 nitrogen and oxygen atoms in total. The highest BCUT2D eigenvalue weighted by molar-refractivity contribution is 5.77.